The number of rotatable bonds is 42. The minimum absolute atomic E-state index is 0.0950. The first-order chi connectivity index (χ1) is 27.0. The number of carbonyl (C=O) groups excluding carboxylic acids is 3. The van der Waals surface area contributed by atoms with Gasteiger partial charge in [-0.2, -0.15) is 0 Å². The Balaban J connectivity index is 4.34. The Kier molecular flexibility index (Phi) is 42.4. The molecule has 0 spiro atoms. The predicted octanol–water partition coefficient (Wildman–Crippen LogP) is 15.0. The van der Waals surface area contributed by atoms with Crippen molar-refractivity contribution < 1.29 is 28.6 Å². The Labute approximate surface area is 340 Å². The Hall–Kier alpha value is -2.37. The Morgan fingerprint density at radius 1 is 0.382 bits per heavy atom. The van der Waals surface area contributed by atoms with Gasteiger partial charge in [-0.15, -0.1) is 0 Å². The molecule has 0 N–H and O–H groups in total. The lowest BCUT2D eigenvalue weighted by Gasteiger charge is -2.18. The van der Waals surface area contributed by atoms with Crippen molar-refractivity contribution in [1.29, 1.82) is 0 Å². The van der Waals surface area contributed by atoms with Gasteiger partial charge in [-0.25, -0.2) is 0 Å². The lowest BCUT2D eigenvalue weighted by atomic mass is 10.0. The predicted molar refractivity (Wildman–Crippen MR) is 233 cm³/mol. The maximum absolute atomic E-state index is 12.7. The van der Waals surface area contributed by atoms with E-state index in [1.165, 1.54) is 141 Å². The summed E-state index contributed by atoms with van der Waals surface area (Å²) in [5.41, 5.74) is 0. The molecule has 0 radical (unpaired) electrons. The van der Waals surface area contributed by atoms with E-state index in [-0.39, 0.29) is 31.6 Å². The van der Waals surface area contributed by atoms with Crippen LogP contribution in [0.3, 0.4) is 0 Å². The van der Waals surface area contributed by atoms with Crippen LogP contribution < -0.4 is 0 Å². The Morgan fingerprint density at radius 2 is 0.709 bits per heavy atom. The van der Waals surface area contributed by atoms with E-state index < -0.39 is 12.1 Å². The summed E-state index contributed by atoms with van der Waals surface area (Å²) >= 11 is 0. The first-order valence-corrected chi connectivity index (χ1v) is 23.5. The summed E-state index contributed by atoms with van der Waals surface area (Å²) in [6, 6.07) is 0. The van der Waals surface area contributed by atoms with Crippen molar-refractivity contribution in [3.8, 4) is 0 Å². The molecule has 6 nitrogen and oxygen atoms in total. The molecule has 0 rings (SSSR count). The normalized spacial score (nSPS) is 12.3. The van der Waals surface area contributed by atoms with Crippen LogP contribution in [0.5, 0.6) is 0 Å². The summed E-state index contributed by atoms with van der Waals surface area (Å²) in [7, 11) is 0. The van der Waals surface area contributed by atoms with E-state index in [0.29, 0.717) is 12.8 Å². The molecule has 0 bridgehead atoms. The van der Waals surface area contributed by atoms with Gasteiger partial charge >= 0.3 is 17.9 Å². The van der Waals surface area contributed by atoms with Gasteiger partial charge in [-0.1, -0.05) is 224 Å². The molecule has 0 aromatic carbocycles. The highest BCUT2D eigenvalue weighted by molar-refractivity contribution is 5.72. The molecule has 0 aliphatic carbocycles. The molecule has 0 aliphatic heterocycles. The number of esters is 3. The molecule has 0 aromatic heterocycles. The van der Waals surface area contributed by atoms with Crippen molar-refractivity contribution in [2.24, 2.45) is 0 Å². The van der Waals surface area contributed by atoms with Crippen LogP contribution in [-0.4, -0.2) is 37.2 Å². The van der Waals surface area contributed by atoms with Crippen LogP contribution in [0.4, 0.5) is 0 Å². The summed E-state index contributed by atoms with van der Waals surface area (Å²) in [6.07, 6.45) is 50.2. The van der Waals surface area contributed by atoms with Crippen LogP contribution in [-0.2, 0) is 28.6 Å². The van der Waals surface area contributed by atoms with E-state index in [9.17, 15) is 14.4 Å². The highest BCUT2D eigenvalue weighted by Crippen LogP contribution is 2.16. The van der Waals surface area contributed by atoms with Crippen LogP contribution in [0.25, 0.3) is 0 Å². The molecule has 320 valence electrons. The van der Waals surface area contributed by atoms with Gasteiger partial charge in [-0.05, 0) is 32.1 Å². The minimum atomic E-state index is -0.799. The number of allylic oxidation sites excluding steroid dienone is 5. The molecule has 0 heterocycles. The van der Waals surface area contributed by atoms with Gasteiger partial charge in [0.25, 0.3) is 0 Å². The Bertz CT molecular complexity index is 938. The monoisotopic (exact) mass is 773 g/mol. The SMILES string of the molecule is CC/C=C\C/C=C\C/C=C\CC(=O)OCC(COC(=O)CCCCCCCCCCCCCCCCCC)OC(=O)CCCCCCCCCCCCCC. The van der Waals surface area contributed by atoms with Gasteiger partial charge in [-0.3, -0.25) is 14.4 Å². The second-order valence-electron chi connectivity index (χ2n) is 15.7. The van der Waals surface area contributed by atoms with Crippen molar-refractivity contribution in [2.45, 2.75) is 245 Å². The molecule has 55 heavy (non-hydrogen) atoms. The third-order valence-corrected chi connectivity index (χ3v) is 10.2. The first-order valence-electron chi connectivity index (χ1n) is 23.5. The fourth-order valence-electron chi connectivity index (χ4n) is 6.68. The zero-order valence-corrected chi connectivity index (χ0v) is 36.4. The average Bonchev–Trinajstić information content (AvgIpc) is 3.18. The van der Waals surface area contributed by atoms with Gasteiger partial charge < -0.3 is 14.2 Å². The fraction of sp³-hybridized carbons (Fsp3) is 0.816. The Morgan fingerprint density at radius 3 is 1.11 bits per heavy atom. The van der Waals surface area contributed by atoms with Crippen molar-refractivity contribution in [3.05, 3.63) is 36.5 Å². The second kappa shape index (κ2) is 44.3. The van der Waals surface area contributed by atoms with E-state index in [2.05, 4.69) is 45.1 Å². The number of carbonyl (C=O) groups is 3. The van der Waals surface area contributed by atoms with Crippen LogP contribution in [0.2, 0.25) is 0 Å². The molecular formula is C49H88O6. The molecule has 6 heteroatoms. The molecule has 0 amide bonds. The van der Waals surface area contributed by atoms with Crippen LogP contribution >= 0.6 is 0 Å². The van der Waals surface area contributed by atoms with Gasteiger partial charge in [0.1, 0.15) is 13.2 Å². The van der Waals surface area contributed by atoms with E-state index in [1.54, 1.807) is 6.08 Å². The van der Waals surface area contributed by atoms with Gasteiger partial charge in [0.2, 0.25) is 0 Å². The van der Waals surface area contributed by atoms with Gasteiger partial charge in [0.15, 0.2) is 6.10 Å². The summed E-state index contributed by atoms with van der Waals surface area (Å²) in [5.74, 6) is -1.02. The third kappa shape index (κ3) is 42.6. The highest BCUT2D eigenvalue weighted by Gasteiger charge is 2.19. The zero-order chi connectivity index (χ0) is 40.1. The standard InChI is InChI=1S/C49H88O6/c1-4-7-10-13-16-19-21-23-24-25-26-28-30-33-36-39-42-48(51)54-45-46(44-53-47(50)41-38-35-32-29-18-15-12-9-6-3)55-49(52)43-40-37-34-31-27-22-20-17-14-11-8-5-2/h9,12,18,29,35,38,46H,4-8,10-11,13-17,19-28,30-34,36-37,39-45H2,1-3H3/b12-9-,29-18-,38-35-. The zero-order valence-electron chi connectivity index (χ0n) is 36.4. The lowest BCUT2D eigenvalue weighted by Crippen LogP contribution is -2.30. The van der Waals surface area contributed by atoms with Crippen LogP contribution in [0, 0.1) is 0 Å². The lowest BCUT2D eigenvalue weighted by molar-refractivity contribution is -0.166. The maximum atomic E-state index is 12.7. The number of hydrogen-bond donors (Lipinski definition) is 0. The van der Waals surface area contributed by atoms with Crippen molar-refractivity contribution >= 4 is 17.9 Å². The van der Waals surface area contributed by atoms with Gasteiger partial charge in [0, 0.05) is 12.8 Å². The molecule has 0 fully saturated rings. The summed E-state index contributed by atoms with van der Waals surface area (Å²) in [6.45, 7) is 6.43. The number of ether oxygens (including phenoxy) is 3. The maximum Gasteiger partial charge on any atom is 0.309 e. The van der Waals surface area contributed by atoms with E-state index in [4.69, 9.17) is 14.2 Å². The second-order valence-corrected chi connectivity index (χ2v) is 15.7. The van der Waals surface area contributed by atoms with Crippen molar-refractivity contribution in [2.75, 3.05) is 13.2 Å². The molecule has 0 aliphatic rings. The average molecular weight is 773 g/mol. The van der Waals surface area contributed by atoms with E-state index >= 15 is 0 Å². The molecule has 0 saturated carbocycles. The minimum Gasteiger partial charge on any atom is -0.462 e. The largest absolute Gasteiger partial charge is 0.462 e. The van der Waals surface area contributed by atoms with Gasteiger partial charge in [0.05, 0.1) is 6.42 Å². The van der Waals surface area contributed by atoms with Crippen LogP contribution in [0.15, 0.2) is 36.5 Å². The van der Waals surface area contributed by atoms with E-state index in [1.807, 2.05) is 6.08 Å². The fourth-order valence-corrected chi connectivity index (χ4v) is 6.68. The first kappa shape index (κ1) is 52.6. The number of unbranched alkanes of at least 4 members (excludes halogenated alkanes) is 26. The molecule has 1 unspecified atom stereocenters. The molecular weight excluding hydrogens is 685 g/mol. The quantitative estimate of drug-likeness (QED) is 0.0266. The highest BCUT2D eigenvalue weighted by atomic mass is 16.6. The summed E-state index contributed by atoms with van der Waals surface area (Å²) < 4.78 is 16.6. The topological polar surface area (TPSA) is 78.9 Å². The van der Waals surface area contributed by atoms with E-state index in [0.717, 1.165) is 57.8 Å². The number of hydrogen-bond acceptors (Lipinski definition) is 6. The molecule has 1 atom stereocenters. The van der Waals surface area contributed by atoms with Crippen LogP contribution in [0.1, 0.15) is 239 Å². The van der Waals surface area contributed by atoms with Crippen molar-refractivity contribution in [1.82, 2.24) is 0 Å². The third-order valence-electron chi connectivity index (χ3n) is 10.2. The summed E-state index contributed by atoms with van der Waals surface area (Å²) in [4.78, 5) is 37.6. The molecule has 0 saturated heterocycles. The smallest absolute Gasteiger partial charge is 0.309 e. The van der Waals surface area contributed by atoms with Crippen molar-refractivity contribution in [3.63, 3.8) is 0 Å². The summed E-state index contributed by atoms with van der Waals surface area (Å²) in [5, 5.41) is 0. The molecule has 0 aromatic rings.